The molecule has 0 aliphatic heterocycles. The van der Waals surface area contributed by atoms with Crippen LogP contribution in [-0.4, -0.2) is 208 Å². The average molecular weight is 1640 g/mol. The summed E-state index contributed by atoms with van der Waals surface area (Å²) in [6, 6.07) is 0. The summed E-state index contributed by atoms with van der Waals surface area (Å²) in [5, 5.41) is 0. The van der Waals surface area contributed by atoms with Gasteiger partial charge in [0, 0.05) is 0 Å². The Kier molecular flexibility index (Phi) is 82.9. The zero-order valence-corrected chi connectivity index (χ0v) is 49.9. The van der Waals surface area contributed by atoms with E-state index in [-0.39, 0.29) is 51.4 Å². The van der Waals surface area contributed by atoms with E-state index in [4.69, 9.17) is 208 Å². The van der Waals surface area contributed by atoms with Gasteiger partial charge in [-0.3, -0.25) is 68.3 Å². The second kappa shape index (κ2) is 53.3. The minimum Gasteiger partial charge on any atom is -0.722 e. The van der Waals surface area contributed by atoms with E-state index in [0.29, 0.717) is 0 Å². The fourth-order valence-corrected chi connectivity index (χ4v) is 0. The van der Waals surface area contributed by atoms with Crippen LogP contribution in [0.4, 0.5) is 62.2 Å². The third kappa shape index (κ3) is 551000. The van der Waals surface area contributed by atoms with Crippen LogP contribution >= 0.6 is 0 Å². The van der Waals surface area contributed by atoms with E-state index in [1.54, 1.807) is 0 Å². The monoisotopic (exact) mass is 1640 g/mol. The Labute approximate surface area is 484 Å². The van der Waals surface area contributed by atoms with E-state index >= 15 is 0 Å². The molecule has 15 N–H and O–H groups in total. The van der Waals surface area contributed by atoms with Gasteiger partial charge in [-0.25, -0.2) is 8.42 Å². The zero-order chi connectivity index (χ0) is 72.0. The SMILES string of the molecule is O=S(=O)(O)F.O=S(=O)(O)F.O=S(=O)(O)F.O=S(=O)(O)F.O=S(=O)(O)F.O=S(=O)(O)F.O=S(=O)(O)F.O=S(=O)(O)F.O=S(=O)(O)F.O=S(=O)(O)F.O=S(=O)(O)F.O=S(=O)(O)F.O=S(=O)(O)F.O=S(=O)(O)F.O=S(=O)(O)F.O=S(=O)([O-])F.[K+]. The fraction of sp³-hybridized carbons (Fsp3) is 0. The Morgan fingerprint density at radius 1 is 0.148 bits per heavy atom. The molecular weight excluding hydrogens is 1620 g/mol. The van der Waals surface area contributed by atoms with Crippen molar-refractivity contribution < 1.29 is 321 Å². The minimum absolute atomic E-state index is 0. The standard InChI is InChI=1S/16FHO3S.K/c16*1-5(2,3)4;/h16*(H,2,3,4);/q;;;;;;;;;;;;;;;;+1/p-1. The largest absolute Gasteiger partial charge is 1.00 e. The first-order valence-corrected chi connectivity index (χ1v) is 32.1. The summed E-state index contributed by atoms with van der Waals surface area (Å²) in [5.41, 5.74) is 0. The van der Waals surface area contributed by atoms with Crippen LogP contribution in [0.5, 0.6) is 0 Å². The van der Waals surface area contributed by atoms with Crippen molar-refractivity contribution in [3.63, 3.8) is 0 Å². The predicted octanol–water partition coefficient (Wildman–Crippen LogP) is -7.20. The molecule has 0 saturated carbocycles. The van der Waals surface area contributed by atoms with Crippen LogP contribution in [0.1, 0.15) is 0 Å². The van der Waals surface area contributed by atoms with Gasteiger partial charge in [-0.05, 0) is 0 Å². The molecule has 0 spiro atoms. The van der Waals surface area contributed by atoms with Gasteiger partial charge >= 0.3 is 209 Å². The molecule has 512 valence electrons. The molecule has 0 unspecified atom stereocenters. The molecule has 0 aliphatic rings. The van der Waals surface area contributed by atoms with Gasteiger partial charge in [0.05, 0.1) is 0 Å². The van der Waals surface area contributed by atoms with Gasteiger partial charge in [-0.1, -0.05) is 58.3 Å². The molecular formula is H15F16KO48S16. The van der Waals surface area contributed by atoms with Crippen molar-refractivity contribution >= 4 is 168 Å². The molecule has 0 atom stereocenters. The van der Waals surface area contributed by atoms with Crippen LogP contribution in [-0.2, 0) is 168 Å². The molecule has 0 saturated heterocycles. The maximum Gasteiger partial charge on any atom is 1.00 e. The van der Waals surface area contributed by atoms with E-state index in [2.05, 4.69) is 0 Å². The quantitative estimate of drug-likeness (QED) is 0.0464. The van der Waals surface area contributed by atoms with Gasteiger partial charge in [0.15, 0.2) is 0 Å². The molecule has 0 aromatic carbocycles. The second-order valence-corrected chi connectivity index (χ2v) is 19.7. The van der Waals surface area contributed by atoms with E-state index < -0.39 is 168 Å². The van der Waals surface area contributed by atoms with Gasteiger partial charge in [-0.2, -0.15) is 126 Å². The molecule has 0 aromatic rings. The topological polar surface area (TPSA) is 873 Å². The maximum atomic E-state index is 10.2. The summed E-state index contributed by atoms with van der Waals surface area (Å²) < 4.78 is 547. The van der Waals surface area contributed by atoms with E-state index in [0.717, 1.165) is 0 Å². The third-order valence-electron chi connectivity index (χ3n) is 0. The average Bonchev–Trinajstić information content (AvgIpc) is 2.70. The summed E-state index contributed by atoms with van der Waals surface area (Å²) in [7, 11) is -82.9. The Bertz CT molecular complexity index is 2410. The molecule has 0 bridgehead atoms. The van der Waals surface area contributed by atoms with Crippen molar-refractivity contribution in [1.82, 2.24) is 0 Å². The molecule has 0 aliphatic carbocycles. The Hall–Kier alpha value is -0.924. The molecule has 81 heteroatoms. The molecule has 0 amide bonds. The number of halogens is 16. The van der Waals surface area contributed by atoms with Gasteiger partial charge in [0.1, 0.15) is 0 Å². The van der Waals surface area contributed by atoms with Crippen LogP contribution in [0.3, 0.4) is 0 Å². The smallest absolute Gasteiger partial charge is 0.722 e. The molecule has 81 heavy (non-hydrogen) atoms. The van der Waals surface area contributed by atoms with Crippen LogP contribution < -0.4 is 51.4 Å². The van der Waals surface area contributed by atoms with Crippen molar-refractivity contribution in [2.45, 2.75) is 0 Å². The molecule has 0 rings (SSSR count). The van der Waals surface area contributed by atoms with Gasteiger partial charge in [0.2, 0.25) is 0 Å². The van der Waals surface area contributed by atoms with Crippen LogP contribution in [0.2, 0.25) is 0 Å². The molecule has 0 heterocycles. The minimum atomic E-state index is -5.42. The summed E-state index contributed by atoms with van der Waals surface area (Å²) >= 11 is 0. The predicted molar refractivity (Wildman–Crippen MR) is 201 cm³/mol. The molecule has 48 nitrogen and oxygen atoms in total. The first kappa shape index (κ1) is 126. The fourth-order valence-electron chi connectivity index (χ4n) is 0. The van der Waals surface area contributed by atoms with Crippen LogP contribution in [0, 0.1) is 0 Å². The zero-order valence-electron chi connectivity index (χ0n) is 33.8. The maximum absolute atomic E-state index is 10.2. The van der Waals surface area contributed by atoms with E-state index in [1.807, 2.05) is 0 Å². The first-order valence-electron chi connectivity index (χ1n) is 10.7. The van der Waals surface area contributed by atoms with Crippen molar-refractivity contribution in [1.29, 1.82) is 0 Å². The number of rotatable bonds is 0. The summed E-state index contributed by atoms with van der Waals surface area (Å²) in [4.78, 5) is 0. The summed E-state index contributed by atoms with van der Waals surface area (Å²) in [6.07, 6.45) is 0. The summed E-state index contributed by atoms with van der Waals surface area (Å²) in [6.45, 7) is 0. The van der Waals surface area contributed by atoms with Gasteiger partial charge in [0.25, 0.3) is 10.5 Å². The Morgan fingerprint density at radius 2 is 0.148 bits per heavy atom. The van der Waals surface area contributed by atoms with Gasteiger partial charge < -0.3 is 4.55 Å². The number of hydrogen-bond donors (Lipinski definition) is 15. The van der Waals surface area contributed by atoms with Crippen molar-refractivity contribution in [2.24, 2.45) is 0 Å². The number of hydrogen-bond acceptors (Lipinski definition) is 33. The third-order valence-corrected chi connectivity index (χ3v) is 0. The Balaban J connectivity index is -0.0000000359. The van der Waals surface area contributed by atoms with Crippen molar-refractivity contribution in [3.05, 3.63) is 0 Å². The summed E-state index contributed by atoms with van der Waals surface area (Å²) in [5.74, 6) is 0. The van der Waals surface area contributed by atoms with E-state index in [1.165, 1.54) is 0 Å². The van der Waals surface area contributed by atoms with Gasteiger partial charge in [-0.15, -0.1) is 3.89 Å². The van der Waals surface area contributed by atoms with Crippen molar-refractivity contribution in [3.8, 4) is 0 Å². The molecule has 0 fully saturated rings. The van der Waals surface area contributed by atoms with E-state index in [9.17, 15) is 62.2 Å². The molecule has 0 aromatic heterocycles. The first-order chi connectivity index (χ1) is 32.0. The normalized spacial score (nSPS) is 11.5. The van der Waals surface area contributed by atoms with Crippen LogP contribution in [0.15, 0.2) is 0 Å². The van der Waals surface area contributed by atoms with Crippen molar-refractivity contribution in [2.75, 3.05) is 0 Å². The van der Waals surface area contributed by atoms with Crippen LogP contribution in [0.25, 0.3) is 0 Å². The molecule has 0 radical (unpaired) electrons. The Morgan fingerprint density at radius 3 is 0.148 bits per heavy atom. The second-order valence-electron chi connectivity index (χ2n) is 6.57.